The van der Waals surface area contributed by atoms with E-state index in [4.69, 9.17) is 4.74 Å². The molecule has 8 heteroatoms. The molecule has 2 N–H and O–H groups in total. The van der Waals surface area contributed by atoms with Gasteiger partial charge in [-0.15, -0.1) is 0 Å². The van der Waals surface area contributed by atoms with Crippen molar-refractivity contribution in [2.75, 3.05) is 16.6 Å². The lowest BCUT2D eigenvalue weighted by Gasteiger charge is -2.11. The van der Waals surface area contributed by atoms with E-state index in [1.165, 1.54) is 36.4 Å². The van der Waals surface area contributed by atoms with Crippen LogP contribution >= 0.6 is 0 Å². The number of benzene rings is 3. The molecule has 3 rings (SSSR count). The Morgan fingerprint density at radius 2 is 1.58 bits per heavy atom. The van der Waals surface area contributed by atoms with Crippen LogP contribution in [0.2, 0.25) is 0 Å². The molecule has 0 aliphatic rings. The quantitative estimate of drug-likeness (QED) is 0.561. The minimum atomic E-state index is -3.76. The Balaban J connectivity index is 1.60. The van der Waals surface area contributed by atoms with Gasteiger partial charge in [-0.3, -0.25) is 9.52 Å². The Bertz CT molecular complexity index is 1210. The van der Waals surface area contributed by atoms with E-state index < -0.39 is 21.7 Å². The Morgan fingerprint density at radius 1 is 0.903 bits per heavy atom. The van der Waals surface area contributed by atoms with E-state index >= 15 is 0 Å². The lowest BCUT2D eigenvalue weighted by Crippen LogP contribution is -2.20. The zero-order chi connectivity index (χ0) is 22.6. The zero-order valence-electron chi connectivity index (χ0n) is 17.4. The van der Waals surface area contributed by atoms with E-state index in [0.29, 0.717) is 17.1 Å². The first-order valence-corrected chi connectivity index (χ1v) is 11.0. The van der Waals surface area contributed by atoms with Crippen LogP contribution in [0.5, 0.6) is 5.75 Å². The number of carbonyl (C=O) groups is 1. The van der Waals surface area contributed by atoms with E-state index in [-0.39, 0.29) is 11.5 Å². The van der Waals surface area contributed by atoms with E-state index in [1.807, 2.05) is 19.9 Å². The molecule has 31 heavy (non-hydrogen) atoms. The van der Waals surface area contributed by atoms with E-state index in [2.05, 4.69) is 10.0 Å². The molecular weight excluding hydrogens is 419 g/mol. The number of halogens is 1. The predicted octanol–water partition coefficient (Wildman–Crippen LogP) is 4.57. The first-order chi connectivity index (χ1) is 14.6. The van der Waals surface area contributed by atoms with Gasteiger partial charge in [-0.25, -0.2) is 12.8 Å². The standard InChI is InChI=1S/C23H23FN2O4S/c1-15-5-7-19(12-17(15)3)26-31(28,29)21-10-8-20(9-11-21)30-14-23(27)25-22-13-18(24)6-4-16(22)2/h4-13,26H,14H2,1-3H3,(H,25,27). The average Bonchev–Trinajstić information content (AvgIpc) is 2.72. The molecule has 0 unspecified atom stereocenters. The molecule has 0 radical (unpaired) electrons. The molecular formula is C23H23FN2O4S. The summed E-state index contributed by atoms with van der Waals surface area (Å²) in [6.07, 6.45) is 0. The van der Waals surface area contributed by atoms with E-state index in [9.17, 15) is 17.6 Å². The monoisotopic (exact) mass is 442 g/mol. The van der Waals surface area contributed by atoms with Crippen molar-refractivity contribution >= 4 is 27.3 Å². The summed E-state index contributed by atoms with van der Waals surface area (Å²) in [7, 11) is -3.76. The lowest BCUT2D eigenvalue weighted by molar-refractivity contribution is -0.118. The zero-order valence-corrected chi connectivity index (χ0v) is 18.2. The Labute approximate surface area is 181 Å². The van der Waals surface area contributed by atoms with Crippen LogP contribution in [-0.2, 0) is 14.8 Å². The molecule has 6 nitrogen and oxygen atoms in total. The first kappa shape index (κ1) is 22.3. The third kappa shape index (κ3) is 5.82. The van der Waals surface area contributed by atoms with Gasteiger partial charge >= 0.3 is 0 Å². The van der Waals surface area contributed by atoms with Crippen LogP contribution in [0.1, 0.15) is 16.7 Å². The van der Waals surface area contributed by atoms with Gasteiger partial charge in [0, 0.05) is 11.4 Å². The molecule has 0 heterocycles. The van der Waals surface area contributed by atoms with Crippen LogP contribution < -0.4 is 14.8 Å². The van der Waals surface area contributed by atoms with Crippen molar-refractivity contribution in [1.82, 2.24) is 0 Å². The summed E-state index contributed by atoms with van der Waals surface area (Å²) in [5, 5.41) is 2.58. The largest absolute Gasteiger partial charge is 0.484 e. The van der Waals surface area contributed by atoms with Crippen LogP contribution in [0, 0.1) is 26.6 Å². The van der Waals surface area contributed by atoms with Gasteiger partial charge in [0.1, 0.15) is 11.6 Å². The Hall–Kier alpha value is -3.39. The summed E-state index contributed by atoms with van der Waals surface area (Å²) in [5.74, 6) is -0.578. The predicted molar refractivity (Wildman–Crippen MR) is 118 cm³/mol. The molecule has 0 aromatic heterocycles. The molecule has 0 saturated heterocycles. The van der Waals surface area contributed by atoms with E-state index in [0.717, 1.165) is 16.7 Å². The number of hydrogen-bond acceptors (Lipinski definition) is 4. The molecule has 0 saturated carbocycles. The maximum absolute atomic E-state index is 13.3. The number of ether oxygens (including phenoxy) is 1. The highest BCUT2D eigenvalue weighted by Crippen LogP contribution is 2.21. The highest BCUT2D eigenvalue weighted by atomic mass is 32.2. The number of amides is 1. The van der Waals surface area contributed by atoms with Crippen LogP contribution in [0.15, 0.2) is 65.6 Å². The van der Waals surface area contributed by atoms with Gasteiger partial charge in [0.15, 0.2) is 6.61 Å². The summed E-state index contributed by atoms with van der Waals surface area (Å²) in [5.41, 5.74) is 3.62. The van der Waals surface area contributed by atoms with Crippen LogP contribution in [0.4, 0.5) is 15.8 Å². The molecule has 1 amide bonds. The van der Waals surface area contributed by atoms with Gasteiger partial charge in [0.05, 0.1) is 4.90 Å². The maximum Gasteiger partial charge on any atom is 0.262 e. The van der Waals surface area contributed by atoms with Gasteiger partial charge in [0.2, 0.25) is 0 Å². The third-order valence-electron chi connectivity index (χ3n) is 4.74. The van der Waals surface area contributed by atoms with Crippen LogP contribution in [0.3, 0.4) is 0 Å². The summed E-state index contributed by atoms with van der Waals surface area (Å²) >= 11 is 0. The number of carbonyl (C=O) groups excluding carboxylic acids is 1. The van der Waals surface area contributed by atoms with Gasteiger partial charge < -0.3 is 10.1 Å². The third-order valence-corrected chi connectivity index (χ3v) is 6.13. The number of rotatable bonds is 7. The van der Waals surface area contributed by atoms with E-state index in [1.54, 1.807) is 25.1 Å². The second-order valence-corrected chi connectivity index (χ2v) is 8.85. The van der Waals surface area contributed by atoms with Gasteiger partial charge in [0.25, 0.3) is 15.9 Å². The van der Waals surface area contributed by atoms with Crippen molar-refractivity contribution in [2.45, 2.75) is 25.7 Å². The fraction of sp³-hybridized carbons (Fsp3) is 0.174. The summed E-state index contributed by atoms with van der Waals surface area (Å²) in [4.78, 5) is 12.1. The average molecular weight is 443 g/mol. The molecule has 0 atom stereocenters. The fourth-order valence-corrected chi connectivity index (χ4v) is 3.85. The molecule has 0 spiro atoms. The molecule has 0 fully saturated rings. The second-order valence-electron chi connectivity index (χ2n) is 7.17. The summed E-state index contributed by atoms with van der Waals surface area (Å²) in [6, 6.07) is 15.2. The number of aryl methyl sites for hydroxylation is 3. The van der Waals surface area contributed by atoms with Crippen molar-refractivity contribution in [1.29, 1.82) is 0 Å². The smallest absolute Gasteiger partial charge is 0.262 e. The molecule has 0 aliphatic carbocycles. The highest BCUT2D eigenvalue weighted by molar-refractivity contribution is 7.92. The SMILES string of the molecule is Cc1ccc(NS(=O)(=O)c2ccc(OCC(=O)Nc3cc(F)ccc3C)cc2)cc1C. The topological polar surface area (TPSA) is 84.5 Å². The second kappa shape index (κ2) is 9.18. The van der Waals surface area contributed by atoms with Crippen molar-refractivity contribution < 1.29 is 22.3 Å². The minimum Gasteiger partial charge on any atom is -0.484 e. The molecule has 0 bridgehead atoms. The van der Waals surface area contributed by atoms with Crippen molar-refractivity contribution in [3.63, 3.8) is 0 Å². The van der Waals surface area contributed by atoms with Crippen molar-refractivity contribution in [2.24, 2.45) is 0 Å². The number of hydrogen-bond donors (Lipinski definition) is 2. The maximum atomic E-state index is 13.3. The van der Waals surface area contributed by atoms with Gasteiger partial charge in [-0.2, -0.15) is 0 Å². The normalized spacial score (nSPS) is 11.1. The lowest BCUT2D eigenvalue weighted by atomic mass is 10.1. The first-order valence-electron chi connectivity index (χ1n) is 9.53. The summed E-state index contributed by atoms with van der Waals surface area (Å²) < 4.78 is 46.5. The number of sulfonamides is 1. The Morgan fingerprint density at radius 3 is 2.26 bits per heavy atom. The van der Waals surface area contributed by atoms with Crippen molar-refractivity contribution in [3.8, 4) is 5.75 Å². The van der Waals surface area contributed by atoms with Gasteiger partial charge in [-0.05, 0) is 86.0 Å². The Kier molecular flexibility index (Phi) is 6.60. The van der Waals surface area contributed by atoms with Crippen molar-refractivity contribution in [3.05, 3.63) is 83.2 Å². The number of anilines is 2. The molecule has 3 aromatic rings. The fourth-order valence-electron chi connectivity index (χ4n) is 2.80. The van der Waals surface area contributed by atoms with Gasteiger partial charge in [-0.1, -0.05) is 12.1 Å². The summed E-state index contributed by atoms with van der Waals surface area (Å²) in [6.45, 7) is 5.31. The minimum absolute atomic E-state index is 0.0675. The highest BCUT2D eigenvalue weighted by Gasteiger charge is 2.15. The molecule has 0 aliphatic heterocycles. The molecule has 3 aromatic carbocycles. The van der Waals surface area contributed by atoms with Crippen LogP contribution in [0.25, 0.3) is 0 Å². The molecule has 162 valence electrons. The number of nitrogens with one attached hydrogen (secondary N) is 2. The van der Waals surface area contributed by atoms with Crippen LogP contribution in [-0.4, -0.2) is 20.9 Å².